The van der Waals surface area contributed by atoms with E-state index in [2.05, 4.69) is 12.1 Å². The molecule has 84 valence electrons. The minimum atomic E-state index is -0.0944. The molecule has 15 heavy (non-hydrogen) atoms. The van der Waals surface area contributed by atoms with E-state index in [-0.39, 0.29) is 17.9 Å². The van der Waals surface area contributed by atoms with E-state index < -0.39 is 0 Å². The molecule has 1 aromatic carbocycles. The molecule has 0 bridgehead atoms. The lowest BCUT2D eigenvalue weighted by Crippen LogP contribution is -2.38. The molecule has 0 aliphatic heterocycles. The Balaban J connectivity index is 0.00000112. The van der Waals surface area contributed by atoms with Gasteiger partial charge in [-0.2, -0.15) is 0 Å². The number of benzene rings is 1. The van der Waals surface area contributed by atoms with Crippen LogP contribution in [0.25, 0.3) is 0 Å². The zero-order valence-corrected chi connectivity index (χ0v) is 10.3. The molecule has 0 aromatic heterocycles. The van der Waals surface area contributed by atoms with Gasteiger partial charge in [0, 0.05) is 10.6 Å². The van der Waals surface area contributed by atoms with Gasteiger partial charge in [0.05, 0.1) is 0 Å². The van der Waals surface area contributed by atoms with Gasteiger partial charge < -0.3 is 5.73 Å². The van der Waals surface area contributed by atoms with E-state index in [4.69, 9.17) is 17.3 Å². The number of hydrogen-bond donors (Lipinski definition) is 1. The summed E-state index contributed by atoms with van der Waals surface area (Å²) in [6.07, 6.45) is 6.04. The van der Waals surface area contributed by atoms with Crippen LogP contribution >= 0.6 is 24.0 Å². The summed E-state index contributed by atoms with van der Waals surface area (Å²) < 4.78 is 0. The lowest BCUT2D eigenvalue weighted by molar-refractivity contribution is 0.302. The van der Waals surface area contributed by atoms with Crippen LogP contribution in [0.1, 0.15) is 37.7 Å². The first-order chi connectivity index (χ1) is 6.71. The Kier molecular flexibility index (Phi) is 4.45. The van der Waals surface area contributed by atoms with E-state index in [9.17, 15) is 0 Å². The summed E-state index contributed by atoms with van der Waals surface area (Å²) in [6, 6.07) is 7.99. The van der Waals surface area contributed by atoms with E-state index in [0.717, 1.165) is 17.9 Å². The molecule has 2 rings (SSSR count). The van der Waals surface area contributed by atoms with Crippen molar-refractivity contribution >= 4 is 24.0 Å². The molecule has 1 aromatic rings. The van der Waals surface area contributed by atoms with Crippen LogP contribution < -0.4 is 5.73 Å². The van der Waals surface area contributed by atoms with Crippen LogP contribution in [-0.4, -0.2) is 0 Å². The minimum Gasteiger partial charge on any atom is -0.321 e. The number of rotatable bonds is 1. The molecule has 3 heteroatoms. The van der Waals surface area contributed by atoms with E-state index in [1.165, 1.54) is 24.8 Å². The Labute approximate surface area is 102 Å². The van der Waals surface area contributed by atoms with Crippen molar-refractivity contribution in [1.82, 2.24) is 0 Å². The SMILES string of the molecule is Cl.NC1(c2ccc(Cl)cc2)CCCCC1. The van der Waals surface area contributed by atoms with Crippen molar-refractivity contribution in [3.8, 4) is 0 Å². The molecule has 0 amide bonds. The molecule has 0 unspecified atom stereocenters. The standard InChI is InChI=1S/C12H16ClN.ClH/c13-11-6-4-10(5-7-11)12(14)8-2-1-3-9-12;/h4-7H,1-3,8-9,14H2;1H. The zero-order valence-electron chi connectivity index (χ0n) is 8.71. The Morgan fingerprint density at radius 1 is 1.00 bits per heavy atom. The summed E-state index contributed by atoms with van der Waals surface area (Å²) in [7, 11) is 0. The highest BCUT2D eigenvalue weighted by atomic mass is 35.5. The third-order valence-electron chi connectivity index (χ3n) is 3.16. The van der Waals surface area contributed by atoms with Crippen molar-refractivity contribution in [2.45, 2.75) is 37.6 Å². The van der Waals surface area contributed by atoms with Crippen molar-refractivity contribution in [3.05, 3.63) is 34.9 Å². The van der Waals surface area contributed by atoms with Crippen LogP contribution in [0.3, 0.4) is 0 Å². The summed E-state index contributed by atoms with van der Waals surface area (Å²) in [5.74, 6) is 0. The lowest BCUT2D eigenvalue weighted by Gasteiger charge is -2.33. The fraction of sp³-hybridized carbons (Fsp3) is 0.500. The molecule has 0 atom stereocenters. The third kappa shape index (κ3) is 2.87. The molecule has 1 aliphatic rings. The first-order valence-electron chi connectivity index (χ1n) is 5.26. The molecular formula is C12H17Cl2N. The van der Waals surface area contributed by atoms with E-state index >= 15 is 0 Å². The van der Waals surface area contributed by atoms with Gasteiger partial charge in [-0.05, 0) is 30.5 Å². The predicted molar refractivity (Wildman–Crippen MR) is 67.7 cm³/mol. The zero-order chi connectivity index (χ0) is 10.0. The second-order valence-corrected chi connectivity index (χ2v) is 4.66. The summed E-state index contributed by atoms with van der Waals surface area (Å²) in [5.41, 5.74) is 7.53. The van der Waals surface area contributed by atoms with Crippen molar-refractivity contribution in [2.75, 3.05) is 0 Å². The summed E-state index contributed by atoms with van der Waals surface area (Å²) >= 11 is 5.86. The highest BCUT2D eigenvalue weighted by molar-refractivity contribution is 6.30. The molecule has 1 saturated carbocycles. The molecule has 2 N–H and O–H groups in total. The molecule has 0 radical (unpaired) electrons. The van der Waals surface area contributed by atoms with Crippen molar-refractivity contribution < 1.29 is 0 Å². The minimum absolute atomic E-state index is 0. The van der Waals surface area contributed by atoms with Gasteiger partial charge >= 0.3 is 0 Å². The van der Waals surface area contributed by atoms with E-state index in [1.54, 1.807) is 0 Å². The van der Waals surface area contributed by atoms with Gasteiger partial charge in [0.2, 0.25) is 0 Å². The van der Waals surface area contributed by atoms with Gasteiger partial charge in [-0.1, -0.05) is 43.0 Å². The summed E-state index contributed by atoms with van der Waals surface area (Å²) in [6.45, 7) is 0. The van der Waals surface area contributed by atoms with Crippen molar-refractivity contribution in [2.24, 2.45) is 5.73 Å². The number of nitrogens with two attached hydrogens (primary N) is 1. The Morgan fingerprint density at radius 2 is 1.53 bits per heavy atom. The molecule has 1 aliphatic carbocycles. The number of hydrogen-bond acceptors (Lipinski definition) is 1. The highest BCUT2D eigenvalue weighted by Crippen LogP contribution is 2.34. The van der Waals surface area contributed by atoms with Gasteiger partial charge in [0.1, 0.15) is 0 Å². The van der Waals surface area contributed by atoms with E-state index in [1.807, 2.05) is 12.1 Å². The quantitative estimate of drug-likeness (QED) is 0.799. The highest BCUT2D eigenvalue weighted by Gasteiger charge is 2.28. The van der Waals surface area contributed by atoms with Gasteiger partial charge in [-0.3, -0.25) is 0 Å². The van der Waals surface area contributed by atoms with Crippen molar-refractivity contribution in [1.29, 1.82) is 0 Å². The molecule has 0 heterocycles. The Bertz CT molecular complexity index is 302. The maximum Gasteiger partial charge on any atom is 0.0409 e. The van der Waals surface area contributed by atoms with Crippen LogP contribution in [0.4, 0.5) is 0 Å². The normalized spacial score (nSPS) is 19.3. The Hall–Kier alpha value is -0.240. The summed E-state index contributed by atoms with van der Waals surface area (Å²) in [5, 5.41) is 0.785. The first-order valence-corrected chi connectivity index (χ1v) is 5.63. The maximum absolute atomic E-state index is 6.39. The van der Waals surface area contributed by atoms with Crippen LogP contribution in [-0.2, 0) is 5.54 Å². The van der Waals surface area contributed by atoms with Gasteiger partial charge in [0.15, 0.2) is 0 Å². The largest absolute Gasteiger partial charge is 0.321 e. The molecule has 1 fully saturated rings. The maximum atomic E-state index is 6.39. The first kappa shape index (κ1) is 12.8. The monoisotopic (exact) mass is 245 g/mol. The average molecular weight is 246 g/mol. The molecular weight excluding hydrogens is 229 g/mol. The molecule has 0 spiro atoms. The van der Waals surface area contributed by atoms with Crippen LogP contribution in [0.2, 0.25) is 5.02 Å². The summed E-state index contributed by atoms with van der Waals surface area (Å²) in [4.78, 5) is 0. The fourth-order valence-electron chi connectivity index (χ4n) is 2.25. The lowest BCUT2D eigenvalue weighted by atomic mass is 9.77. The van der Waals surface area contributed by atoms with Gasteiger partial charge in [-0.25, -0.2) is 0 Å². The Morgan fingerprint density at radius 3 is 2.07 bits per heavy atom. The second-order valence-electron chi connectivity index (χ2n) is 4.22. The molecule has 0 saturated heterocycles. The molecule has 1 nitrogen and oxygen atoms in total. The smallest absolute Gasteiger partial charge is 0.0409 e. The third-order valence-corrected chi connectivity index (χ3v) is 3.42. The fourth-order valence-corrected chi connectivity index (χ4v) is 2.38. The topological polar surface area (TPSA) is 26.0 Å². The van der Waals surface area contributed by atoms with Gasteiger partial charge in [-0.15, -0.1) is 12.4 Å². The van der Waals surface area contributed by atoms with Crippen LogP contribution in [0.15, 0.2) is 24.3 Å². The van der Waals surface area contributed by atoms with Crippen LogP contribution in [0, 0.1) is 0 Å². The predicted octanol–water partition coefficient (Wildman–Crippen LogP) is 3.88. The number of halogens is 2. The average Bonchev–Trinajstić information content (AvgIpc) is 2.19. The van der Waals surface area contributed by atoms with Crippen molar-refractivity contribution in [3.63, 3.8) is 0 Å². The second kappa shape index (κ2) is 5.20. The van der Waals surface area contributed by atoms with Crippen LogP contribution in [0.5, 0.6) is 0 Å². The van der Waals surface area contributed by atoms with E-state index in [0.29, 0.717) is 0 Å². The van der Waals surface area contributed by atoms with Gasteiger partial charge in [0.25, 0.3) is 0 Å².